The fourth-order valence-corrected chi connectivity index (χ4v) is 2.51. The Labute approximate surface area is 135 Å². The number of esters is 1. The van der Waals surface area contributed by atoms with Crippen LogP contribution in [0, 0.1) is 6.92 Å². The van der Waals surface area contributed by atoms with Gasteiger partial charge < -0.3 is 14.4 Å². The highest BCUT2D eigenvalue weighted by Gasteiger charge is 2.33. The lowest BCUT2D eigenvalue weighted by atomic mass is 10.2. The average Bonchev–Trinajstić information content (AvgIpc) is 3.03. The highest BCUT2D eigenvalue weighted by Crippen LogP contribution is 2.24. The van der Waals surface area contributed by atoms with Crippen LogP contribution in [0.3, 0.4) is 0 Å². The summed E-state index contributed by atoms with van der Waals surface area (Å²) in [4.78, 5) is 25.6. The monoisotopic (exact) mass is 324 g/mol. The largest absolute Gasteiger partial charge is 0.461 e. The van der Waals surface area contributed by atoms with Gasteiger partial charge in [0.05, 0.1) is 18.3 Å². The molecule has 0 aromatic carbocycles. The number of ether oxygens (including phenoxy) is 2. The van der Waals surface area contributed by atoms with Crippen LogP contribution in [0.1, 0.15) is 56.3 Å². The van der Waals surface area contributed by atoms with Crippen molar-refractivity contribution in [2.24, 2.45) is 0 Å². The topological polar surface area (TPSA) is 86.5 Å². The third-order valence-corrected chi connectivity index (χ3v) is 3.56. The molecule has 8 nitrogen and oxygen atoms in total. The Balaban J connectivity index is 2.05. The van der Waals surface area contributed by atoms with E-state index in [0.717, 1.165) is 6.42 Å². The van der Waals surface area contributed by atoms with E-state index in [9.17, 15) is 9.59 Å². The van der Waals surface area contributed by atoms with Crippen LogP contribution in [0.5, 0.6) is 0 Å². The van der Waals surface area contributed by atoms with Crippen molar-refractivity contribution < 1.29 is 19.1 Å². The highest BCUT2D eigenvalue weighted by atomic mass is 16.6. The van der Waals surface area contributed by atoms with Crippen LogP contribution < -0.4 is 0 Å². The maximum atomic E-state index is 12.1. The molecule has 0 bridgehead atoms. The molecule has 1 fully saturated rings. The number of carbonyl (C=O) groups is 2. The Hall–Kier alpha value is -2.12. The molecule has 1 aliphatic rings. The molecule has 2 heterocycles. The van der Waals surface area contributed by atoms with Crippen LogP contribution in [0.4, 0.5) is 4.79 Å². The van der Waals surface area contributed by atoms with Crippen LogP contribution in [0.15, 0.2) is 0 Å². The van der Waals surface area contributed by atoms with Crippen molar-refractivity contribution in [2.75, 3.05) is 19.7 Å². The molecule has 1 amide bonds. The molecule has 0 saturated carbocycles. The number of hydrogen-bond acceptors (Lipinski definition) is 6. The van der Waals surface area contributed by atoms with Gasteiger partial charge in [-0.15, -0.1) is 5.10 Å². The van der Waals surface area contributed by atoms with Crippen LogP contribution >= 0.6 is 0 Å². The Bertz CT molecular complexity index is 591. The summed E-state index contributed by atoms with van der Waals surface area (Å²) in [7, 11) is 0. The third kappa shape index (κ3) is 4.00. The Morgan fingerprint density at radius 2 is 2.04 bits per heavy atom. The molecule has 128 valence electrons. The number of likely N-dealkylation sites (tertiary alicyclic amines) is 1. The summed E-state index contributed by atoms with van der Waals surface area (Å²) >= 11 is 0. The molecular weight excluding hydrogens is 300 g/mol. The normalized spacial score (nSPS) is 18.1. The summed E-state index contributed by atoms with van der Waals surface area (Å²) in [6.45, 7) is 10.4. The molecule has 0 N–H and O–H groups in total. The van der Waals surface area contributed by atoms with Gasteiger partial charge >= 0.3 is 12.1 Å². The van der Waals surface area contributed by atoms with Gasteiger partial charge in [0.15, 0.2) is 5.69 Å². The minimum Gasteiger partial charge on any atom is -0.461 e. The fraction of sp³-hybridized carbons (Fsp3) is 0.733. The first kappa shape index (κ1) is 17.2. The van der Waals surface area contributed by atoms with E-state index < -0.39 is 11.6 Å². The quantitative estimate of drug-likeness (QED) is 0.790. The van der Waals surface area contributed by atoms with E-state index in [0.29, 0.717) is 25.4 Å². The molecule has 23 heavy (non-hydrogen) atoms. The molecule has 0 aliphatic carbocycles. The predicted octanol–water partition coefficient (Wildman–Crippen LogP) is 1.95. The second-order valence-corrected chi connectivity index (χ2v) is 6.56. The first-order valence-corrected chi connectivity index (χ1v) is 7.79. The summed E-state index contributed by atoms with van der Waals surface area (Å²) in [5.41, 5.74) is 0.358. The van der Waals surface area contributed by atoms with Crippen molar-refractivity contribution in [3.8, 4) is 0 Å². The second kappa shape index (κ2) is 6.55. The third-order valence-electron chi connectivity index (χ3n) is 3.56. The van der Waals surface area contributed by atoms with Crippen LogP contribution in [0.25, 0.3) is 0 Å². The summed E-state index contributed by atoms with van der Waals surface area (Å²) in [6, 6.07) is -0.0156. The summed E-state index contributed by atoms with van der Waals surface area (Å²) in [6.07, 6.45) is 0.412. The van der Waals surface area contributed by atoms with Gasteiger partial charge in [-0.1, -0.05) is 5.21 Å². The van der Waals surface area contributed by atoms with E-state index >= 15 is 0 Å². The van der Waals surface area contributed by atoms with Crippen LogP contribution in [-0.2, 0) is 9.47 Å². The Kier molecular flexibility index (Phi) is 4.91. The molecule has 1 atom stereocenters. The zero-order valence-electron chi connectivity index (χ0n) is 14.3. The Morgan fingerprint density at radius 3 is 2.65 bits per heavy atom. The molecule has 0 spiro atoms. The molecule has 0 unspecified atom stereocenters. The lowest BCUT2D eigenvalue weighted by Gasteiger charge is -2.24. The molecule has 8 heteroatoms. The molecule has 1 aromatic rings. The van der Waals surface area contributed by atoms with E-state index in [2.05, 4.69) is 10.3 Å². The van der Waals surface area contributed by atoms with Crippen LogP contribution in [0.2, 0.25) is 0 Å². The number of nitrogens with zero attached hydrogens (tertiary/aromatic N) is 4. The maximum Gasteiger partial charge on any atom is 0.410 e. The molecule has 1 saturated heterocycles. The van der Waals surface area contributed by atoms with Gasteiger partial charge in [0.2, 0.25) is 0 Å². The minimum atomic E-state index is -0.518. The summed E-state index contributed by atoms with van der Waals surface area (Å²) in [5.74, 6) is -0.474. The van der Waals surface area contributed by atoms with E-state index in [1.807, 2.05) is 20.8 Å². The van der Waals surface area contributed by atoms with Gasteiger partial charge in [-0.3, -0.25) is 0 Å². The fourth-order valence-electron chi connectivity index (χ4n) is 2.51. The first-order valence-electron chi connectivity index (χ1n) is 7.79. The zero-order valence-corrected chi connectivity index (χ0v) is 14.3. The molecular formula is C15H24N4O4. The number of amides is 1. The van der Waals surface area contributed by atoms with Gasteiger partial charge in [-0.05, 0) is 41.0 Å². The standard InChI is InChI=1S/C15H24N4O4/c1-6-22-13(20)12-10(2)19(17-16-12)11-7-8-18(9-11)14(21)23-15(3,4)5/h11H,6-9H2,1-5H3/t11-/m0/s1. The van der Waals surface area contributed by atoms with Crippen molar-refractivity contribution in [2.45, 2.75) is 52.7 Å². The van der Waals surface area contributed by atoms with Gasteiger partial charge in [-0.25, -0.2) is 14.3 Å². The predicted molar refractivity (Wildman–Crippen MR) is 82.2 cm³/mol. The first-order chi connectivity index (χ1) is 10.7. The SMILES string of the molecule is CCOC(=O)c1nnn([C@H]2CCN(C(=O)OC(C)(C)C)C2)c1C. The molecule has 0 radical (unpaired) electrons. The number of aromatic nitrogens is 3. The molecule has 1 aromatic heterocycles. The summed E-state index contributed by atoms with van der Waals surface area (Å²) in [5, 5.41) is 7.97. The molecule has 2 rings (SSSR count). The average molecular weight is 324 g/mol. The van der Waals surface area contributed by atoms with Crippen molar-refractivity contribution in [1.29, 1.82) is 0 Å². The zero-order chi connectivity index (χ0) is 17.2. The van der Waals surface area contributed by atoms with Gasteiger partial charge in [0, 0.05) is 13.1 Å². The van der Waals surface area contributed by atoms with Gasteiger partial charge in [-0.2, -0.15) is 0 Å². The smallest absolute Gasteiger partial charge is 0.410 e. The van der Waals surface area contributed by atoms with E-state index in [1.54, 1.807) is 23.4 Å². The number of rotatable bonds is 3. The van der Waals surface area contributed by atoms with Crippen molar-refractivity contribution in [3.63, 3.8) is 0 Å². The maximum absolute atomic E-state index is 12.1. The van der Waals surface area contributed by atoms with E-state index in [4.69, 9.17) is 9.47 Å². The van der Waals surface area contributed by atoms with Crippen molar-refractivity contribution >= 4 is 12.1 Å². The summed E-state index contributed by atoms with van der Waals surface area (Å²) < 4.78 is 12.0. The van der Waals surface area contributed by atoms with Gasteiger partial charge in [0.25, 0.3) is 0 Å². The molecule has 1 aliphatic heterocycles. The Morgan fingerprint density at radius 1 is 1.35 bits per heavy atom. The lowest BCUT2D eigenvalue weighted by molar-refractivity contribution is 0.0287. The van der Waals surface area contributed by atoms with E-state index in [-0.39, 0.29) is 17.8 Å². The van der Waals surface area contributed by atoms with E-state index in [1.165, 1.54) is 0 Å². The highest BCUT2D eigenvalue weighted by molar-refractivity contribution is 5.88. The number of carbonyl (C=O) groups excluding carboxylic acids is 2. The lowest BCUT2D eigenvalue weighted by Crippen LogP contribution is -2.35. The van der Waals surface area contributed by atoms with Crippen molar-refractivity contribution in [1.82, 2.24) is 19.9 Å². The van der Waals surface area contributed by atoms with Gasteiger partial charge in [0.1, 0.15) is 5.60 Å². The number of hydrogen-bond donors (Lipinski definition) is 0. The second-order valence-electron chi connectivity index (χ2n) is 6.56. The van der Waals surface area contributed by atoms with Crippen LogP contribution in [-0.4, -0.2) is 57.3 Å². The minimum absolute atomic E-state index is 0.0156. The van der Waals surface area contributed by atoms with Crippen molar-refractivity contribution in [3.05, 3.63) is 11.4 Å².